The fourth-order valence-electron chi connectivity index (χ4n) is 2.67. The monoisotopic (exact) mass is 317 g/mol. The maximum Gasteiger partial charge on any atom is 0.316 e. The van der Waals surface area contributed by atoms with Crippen LogP contribution in [-0.4, -0.2) is 35.3 Å². The fourth-order valence-corrected chi connectivity index (χ4v) is 2.67. The Morgan fingerprint density at radius 2 is 2.00 bits per heavy atom. The Kier molecular flexibility index (Phi) is 4.54. The first-order valence-corrected chi connectivity index (χ1v) is 7.14. The third-order valence-corrected chi connectivity index (χ3v) is 3.90. The van der Waals surface area contributed by atoms with E-state index in [4.69, 9.17) is 4.74 Å². The van der Waals surface area contributed by atoms with E-state index in [9.17, 15) is 19.8 Å². The summed E-state index contributed by atoms with van der Waals surface area (Å²) in [6.07, 6.45) is 1.26. The van der Waals surface area contributed by atoms with Crippen molar-refractivity contribution in [3.8, 4) is 5.75 Å². The van der Waals surface area contributed by atoms with Gasteiger partial charge >= 0.3 is 5.97 Å². The number of Topliss-reactive ketones (excluding diaryl/α,β-unsaturated/α-hetero) is 1. The van der Waals surface area contributed by atoms with Crippen LogP contribution in [0.2, 0.25) is 0 Å². The number of aliphatic hydroxyl groups excluding tert-OH is 1. The number of aromatic hydroxyl groups is 1. The SMILES string of the molecule is COC(=O)[C@H]1C(O)=C(C=Nc2ccccc2O)C(=O)CC1(C)C. The smallest absolute Gasteiger partial charge is 0.316 e. The third-order valence-electron chi connectivity index (χ3n) is 3.90. The van der Waals surface area contributed by atoms with Crippen LogP contribution >= 0.6 is 0 Å². The topological polar surface area (TPSA) is 96.2 Å². The zero-order chi connectivity index (χ0) is 17.2. The molecule has 1 aliphatic carbocycles. The average molecular weight is 317 g/mol. The summed E-state index contributed by atoms with van der Waals surface area (Å²) in [6, 6.07) is 6.36. The van der Waals surface area contributed by atoms with E-state index in [1.54, 1.807) is 32.0 Å². The predicted molar refractivity (Wildman–Crippen MR) is 84.8 cm³/mol. The summed E-state index contributed by atoms with van der Waals surface area (Å²) >= 11 is 0. The molecule has 6 heteroatoms. The van der Waals surface area contributed by atoms with Crippen molar-refractivity contribution < 1.29 is 24.5 Å². The Labute approximate surface area is 134 Å². The number of benzene rings is 1. The van der Waals surface area contributed by atoms with Gasteiger partial charge in [0.2, 0.25) is 0 Å². The van der Waals surface area contributed by atoms with Gasteiger partial charge < -0.3 is 14.9 Å². The minimum absolute atomic E-state index is 0.0389. The van der Waals surface area contributed by atoms with Crippen LogP contribution in [-0.2, 0) is 14.3 Å². The van der Waals surface area contributed by atoms with Gasteiger partial charge in [0.1, 0.15) is 23.1 Å². The van der Waals surface area contributed by atoms with Crippen molar-refractivity contribution in [3.05, 3.63) is 35.6 Å². The van der Waals surface area contributed by atoms with Gasteiger partial charge in [-0.05, 0) is 17.5 Å². The van der Waals surface area contributed by atoms with Crippen molar-refractivity contribution in [2.45, 2.75) is 20.3 Å². The number of allylic oxidation sites excluding steroid dienone is 1. The quantitative estimate of drug-likeness (QED) is 0.660. The second-order valence-corrected chi connectivity index (χ2v) is 6.09. The summed E-state index contributed by atoms with van der Waals surface area (Å²) < 4.78 is 4.73. The molecule has 1 atom stereocenters. The Morgan fingerprint density at radius 3 is 2.61 bits per heavy atom. The van der Waals surface area contributed by atoms with Gasteiger partial charge in [-0.25, -0.2) is 0 Å². The van der Waals surface area contributed by atoms with E-state index in [-0.39, 0.29) is 35.0 Å². The van der Waals surface area contributed by atoms with Crippen molar-refractivity contribution >= 4 is 23.7 Å². The molecule has 1 aromatic carbocycles. The van der Waals surface area contributed by atoms with Gasteiger partial charge in [0.05, 0.1) is 12.7 Å². The van der Waals surface area contributed by atoms with Crippen molar-refractivity contribution in [1.29, 1.82) is 0 Å². The summed E-state index contributed by atoms with van der Waals surface area (Å²) in [6.45, 7) is 3.44. The van der Waals surface area contributed by atoms with E-state index in [1.807, 2.05) is 0 Å². The minimum Gasteiger partial charge on any atom is -0.511 e. The summed E-state index contributed by atoms with van der Waals surface area (Å²) in [4.78, 5) is 28.3. The molecule has 2 N–H and O–H groups in total. The number of aliphatic hydroxyl groups is 1. The highest BCUT2D eigenvalue weighted by Crippen LogP contribution is 2.41. The number of carbonyl (C=O) groups is 2. The molecule has 0 aromatic heterocycles. The zero-order valence-corrected chi connectivity index (χ0v) is 13.2. The van der Waals surface area contributed by atoms with Crippen LogP contribution in [0.15, 0.2) is 40.6 Å². The second-order valence-electron chi connectivity index (χ2n) is 6.09. The number of hydrogen-bond donors (Lipinski definition) is 2. The molecule has 6 nitrogen and oxygen atoms in total. The molecule has 0 unspecified atom stereocenters. The zero-order valence-electron chi connectivity index (χ0n) is 13.2. The van der Waals surface area contributed by atoms with Crippen LogP contribution in [0.25, 0.3) is 0 Å². The first-order chi connectivity index (χ1) is 10.8. The van der Waals surface area contributed by atoms with Gasteiger partial charge in [-0.1, -0.05) is 26.0 Å². The van der Waals surface area contributed by atoms with Gasteiger partial charge in [0.25, 0.3) is 0 Å². The summed E-state index contributed by atoms with van der Waals surface area (Å²) in [5, 5.41) is 20.1. The third kappa shape index (κ3) is 3.26. The maximum atomic E-state index is 12.3. The molecule has 0 fully saturated rings. The highest BCUT2D eigenvalue weighted by Gasteiger charge is 2.46. The molecule has 0 radical (unpaired) electrons. The molecule has 0 bridgehead atoms. The molecule has 2 rings (SSSR count). The van der Waals surface area contributed by atoms with Crippen LogP contribution in [0.5, 0.6) is 5.75 Å². The molecule has 0 spiro atoms. The van der Waals surface area contributed by atoms with Crippen LogP contribution < -0.4 is 0 Å². The van der Waals surface area contributed by atoms with Gasteiger partial charge in [-0.15, -0.1) is 0 Å². The lowest BCUT2D eigenvalue weighted by Crippen LogP contribution is -2.40. The lowest BCUT2D eigenvalue weighted by molar-refractivity contribution is -0.150. The van der Waals surface area contributed by atoms with Crippen molar-refractivity contribution in [2.75, 3.05) is 7.11 Å². The van der Waals surface area contributed by atoms with Crippen molar-refractivity contribution in [2.24, 2.45) is 16.3 Å². The van der Waals surface area contributed by atoms with E-state index in [2.05, 4.69) is 4.99 Å². The molecule has 0 aliphatic heterocycles. The number of phenols is 1. The Morgan fingerprint density at radius 1 is 1.35 bits per heavy atom. The normalized spacial score (nSPS) is 20.8. The number of para-hydroxylation sites is 2. The number of hydrogen-bond acceptors (Lipinski definition) is 6. The molecule has 0 saturated heterocycles. The van der Waals surface area contributed by atoms with Crippen LogP contribution in [0.3, 0.4) is 0 Å². The first-order valence-electron chi connectivity index (χ1n) is 7.14. The maximum absolute atomic E-state index is 12.3. The molecule has 0 saturated carbocycles. The summed E-state index contributed by atoms with van der Waals surface area (Å²) in [5.41, 5.74) is -0.524. The van der Waals surface area contributed by atoms with Crippen LogP contribution in [0.1, 0.15) is 20.3 Å². The highest BCUT2D eigenvalue weighted by atomic mass is 16.5. The number of phenolic OH excluding ortho intramolecular Hbond substituents is 1. The van der Waals surface area contributed by atoms with E-state index in [0.29, 0.717) is 0 Å². The lowest BCUT2D eigenvalue weighted by atomic mass is 9.68. The number of aliphatic imine (C=N–C) groups is 1. The molecule has 1 aliphatic rings. The summed E-state index contributed by atoms with van der Waals surface area (Å²) in [7, 11) is 1.23. The van der Waals surface area contributed by atoms with E-state index >= 15 is 0 Å². The molecule has 122 valence electrons. The molecular formula is C17H19NO5. The van der Waals surface area contributed by atoms with Crippen LogP contribution in [0.4, 0.5) is 5.69 Å². The van der Waals surface area contributed by atoms with Gasteiger partial charge in [0.15, 0.2) is 5.78 Å². The molecule has 0 heterocycles. The Bertz CT molecular complexity index is 703. The van der Waals surface area contributed by atoms with Gasteiger partial charge in [0, 0.05) is 12.6 Å². The highest BCUT2D eigenvalue weighted by molar-refractivity contribution is 6.15. The number of ether oxygens (including phenoxy) is 1. The van der Waals surface area contributed by atoms with Crippen molar-refractivity contribution in [1.82, 2.24) is 0 Å². The number of ketones is 1. The molecule has 0 amide bonds. The second kappa shape index (κ2) is 6.24. The largest absolute Gasteiger partial charge is 0.511 e. The van der Waals surface area contributed by atoms with E-state index in [0.717, 1.165) is 0 Å². The Hall–Kier alpha value is -2.63. The van der Waals surface area contributed by atoms with Gasteiger partial charge in [-0.2, -0.15) is 0 Å². The number of methoxy groups -OCH3 is 1. The molecule has 1 aromatic rings. The van der Waals surface area contributed by atoms with Crippen LogP contribution in [0, 0.1) is 11.3 Å². The standard InChI is InChI=1S/C17H19NO5/c1-17(2)8-13(20)10(15(21)14(17)16(22)23-3)9-18-11-6-4-5-7-12(11)19/h4-7,9,14,19,21H,8H2,1-3H3/t14-/m1/s1. The molecule has 23 heavy (non-hydrogen) atoms. The van der Waals surface area contributed by atoms with Crippen molar-refractivity contribution in [3.63, 3.8) is 0 Å². The Balaban J connectivity index is 2.45. The molecular weight excluding hydrogens is 298 g/mol. The summed E-state index contributed by atoms with van der Waals surface area (Å²) in [5.74, 6) is -2.24. The lowest BCUT2D eigenvalue weighted by Gasteiger charge is -2.35. The fraction of sp³-hybridized carbons (Fsp3) is 0.353. The first kappa shape index (κ1) is 16.7. The number of esters is 1. The van der Waals surface area contributed by atoms with E-state index < -0.39 is 17.3 Å². The number of carbonyl (C=O) groups excluding carboxylic acids is 2. The number of nitrogens with zero attached hydrogens (tertiary/aromatic N) is 1. The van der Waals surface area contributed by atoms with E-state index in [1.165, 1.54) is 19.4 Å². The van der Waals surface area contributed by atoms with Gasteiger partial charge in [-0.3, -0.25) is 14.6 Å². The average Bonchev–Trinajstić information content (AvgIpc) is 2.47. The minimum atomic E-state index is -0.934. The predicted octanol–water partition coefficient (Wildman–Crippen LogP) is 2.69. The number of rotatable bonds is 3.